The zero-order valence-electron chi connectivity index (χ0n) is 14.9. The molecule has 0 bridgehead atoms. The van der Waals surface area contributed by atoms with Gasteiger partial charge in [-0.15, -0.1) is 0 Å². The van der Waals surface area contributed by atoms with Gasteiger partial charge in [0.2, 0.25) is 10.0 Å². The maximum absolute atomic E-state index is 12.9. The number of methoxy groups -OCH3 is 1. The summed E-state index contributed by atoms with van der Waals surface area (Å²) in [6, 6.07) is 16.9. The quantitative estimate of drug-likeness (QED) is 0.782. The van der Waals surface area contributed by atoms with Crippen LogP contribution in [0.25, 0.3) is 6.08 Å². The van der Waals surface area contributed by atoms with Gasteiger partial charge in [0.1, 0.15) is 10.6 Å². The highest BCUT2D eigenvalue weighted by Crippen LogP contribution is 2.26. The van der Waals surface area contributed by atoms with Crippen molar-refractivity contribution in [1.29, 1.82) is 0 Å². The van der Waals surface area contributed by atoms with Crippen LogP contribution in [0.15, 0.2) is 65.6 Å². The first kappa shape index (κ1) is 18.6. The fraction of sp³-hybridized carbons (Fsp3) is 0.300. The van der Waals surface area contributed by atoms with Gasteiger partial charge in [-0.05, 0) is 17.7 Å². The molecule has 0 aliphatic carbocycles. The van der Waals surface area contributed by atoms with Gasteiger partial charge < -0.3 is 4.74 Å². The molecule has 0 amide bonds. The topological polar surface area (TPSA) is 49.9 Å². The van der Waals surface area contributed by atoms with E-state index in [0.717, 1.165) is 6.54 Å². The molecule has 1 aliphatic heterocycles. The molecule has 1 fully saturated rings. The highest BCUT2D eigenvalue weighted by atomic mass is 32.2. The van der Waals surface area contributed by atoms with Gasteiger partial charge in [-0.1, -0.05) is 54.6 Å². The Morgan fingerprint density at radius 3 is 2.31 bits per heavy atom. The first-order chi connectivity index (χ1) is 12.6. The molecule has 3 rings (SSSR count). The van der Waals surface area contributed by atoms with E-state index in [1.165, 1.54) is 12.7 Å². The van der Waals surface area contributed by atoms with Crippen molar-refractivity contribution in [2.75, 3.05) is 39.8 Å². The average Bonchev–Trinajstić information content (AvgIpc) is 2.69. The maximum Gasteiger partial charge on any atom is 0.246 e. The second-order valence-corrected chi connectivity index (χ2v) is 8.07. The van der Waals surface area contributed by atoms with Crippen LogP contribution in [0, 0.1) is 0 Å². The van der Waals surface area contributed by atoms with E-state index in [-0.39, 0.29) is 4.90 Å². The minimum Gasteiger partial charge on any atom is -0.495 e. The summed E-state index contributed by atoms with van der Waals surface area (Å²) in [5, 5.41) is 0. The van der Waals surface area contributed by atoms with Crippen molar-refractivity contribution in [2.45, 2.75) is 4.90 Å². The largest absolute Gasteiger partial charge is 0.495 e. The summed E-state index contributed by atoms with van der Waals surface area (Å²) in [6.45, 7) is 3.22. The van der Waals surface area contributed by atoms with Crippen molar-refractivity contribution in [3.63, 3.8) is 0 Å². The van der Waals surface area contributed by atoms with E-state index in [1.54, 1.807) is 28.6 Å². The minimum absolute atomic E-state index is 0.236. The van der Waals surface area contributed by atoms with E-state index in [0.29, 0.717) is 31.9 Å². The van der Waals surface area contributed by atoms with Gasteiger partial charge >= 0.3 is 0 Å². The van der Waals surface area contributed by atoms with E-state index in [4.69, 9.17) is 4.74 Å². The smallest absolute Gasteiger partial charge is 0.246 e. The molecule has 1 aliphatic rings. The molecule has 0 spiro atoms. The van der Waals surface area contributed by atoms with E-state index in [9.17, 15) is 8.42 Å². The zero-order valence-corrected chi connectivity index (χ0v) is 15.7. The van der Waals surface area contributed by atoms with Crippen LogP contribution in [0.3, 0.4) is 0 Å². The molecule has 138 valence electrons. The first-order valence-electron chi connectivity index (χ1n) is 8.68. The molecule has 2 aromatic rings. The van der Waals surface area contributed by atoms with Gasteiger partial charge in [0, 0.05) is 32.7 Å². The van der Waals surface area contributed by atoms with Crippen LogP contribution in [-0.4, -0.2) is 57.5 Å². The number of hydrogen-bond donors (Lipinski definition) is 0. The van der Waals surface area contributed by atoms with Crippen molar-refractivity contribution in [2.24, 2.45) is 0 Å². The van der Waals surface area contributed by atoms with Crippen LogP contribution in [0.5, 0.6) is 5.75 Å². The molecule has 0 radical (unpaired) electrons. The third kappa shape index (κ3) is 4.33. The number of nitrogens with zero attached hydrogens (tertiary/aromatic N) is 2. The Balaban J connectivity index is 1.58. The lowest BCUT2D eigenvalue weighted by Gasteiger charge is -2.33. The SMILES string of the molecule is COc1ccccc1S(=O)(=O)N1CCN(C/C=C/c2ccccc2)CC1. The number of benzene rings is 2. The molecule has 1 heterocycles. The number of rotatable bonds is 6. The van der Waals surface area contributed by atoms with Crippen molar-refractivity contribution >= 4 is 16.1 Å². The van der Waals surface area contributed by atoms with Crippen LogP contribution in [0.4, 0.5) is 0 Å². The second kappa shape index (κ2) is 8.49. The standard InChI is InChI=1S/C20H24N2O3S/c1-25-19-11-5-6-12-20(19)26(23,24)22-16-14-21(15-17-22)13-7-10-18-8-3-2-4-9-18/h2-12H,13-17H2,1H3/b10-7+. The van der Waals surface area contributed by atoms with E-state index in [1.807, 2.05) is 18.2 Å². The second-order valence-electron chi connectivity index (χ2n) is 6.17. The summed E-state index contributed by atoms with van der Waals surface area (Å²) in [4.78, 5) is 2.49. The fourth-order valence-electron chi connectivity index (χ4n) is 3.03. The third-order valence-corrected chi connectivity index (χ3v) is 6.43. The lowest BCUT2D eigenvalue weighted by Crippen LogP contribution is -2.48. The molecular formula is C20H24N2O3S. The number of sulfonamides is 1. The lowest BCUT2D eigenvalue weighted by atomic mass is 10.2. The Labute approximate surface area is 155 Å². The zero-order chi connectivity index (χ0) is 18.4. The first-order valence-corrected chi connectivity index (χ1v) is 10.1. The van der Waals surface area contributed by atoms with Crippen LogP contribution in [0.2, 0.25) is 0 Å². The molecule has 2 aromatic carbocycles. The van der Waals surface area contributed by atoms with E-state index >= 15 is 0 Å². The molecular weight excluding hydrogens is 348 g/mol. The summed E-state index contributed by atoms with van der Waals surface area (Å²) in [6.07, 6.45) is 4.22. The highest BCUT2D eigenvalue weighted by molar-refractivity contribution is 7.89. The number of para-hydroxylation sites is 1. The summed E-state index contributed by atoms with van der Waals surface area (Å²) in [7, 11) is -2.04. The Hall–Kier alpha value is -2.15. The van der Waals surface area contributed by atoms with Gasteiger partial charge in [0.15, 0.2) is 0 Å². The van der Waals surface area contributed by atoms with Gasteiger partial charge in [-0.3, -0.25) is 4.90 Å². The summed E-state index contributed by atoms with van der Waals surface area (Å²) < 4.78 is 32.5. The predicted molar refractivity (Wildman–Crippen MR) is 104 cm³/mol. The third-order valence-electron chi connectivity index (χ3n) is 4.49. The summed E-state index contributed by atoms with van der Waals surface area (Å²) >= 11 is 0. The minimum atomic E-state index is -3.53. The number of hydrogen-bond acceptors (Lipinski definition) is 4. The van der Waals surface area contributed by atoms with Gasteiger partial charge in [0.25, 0.3) is 0 Å². The van der Waals surface area contributed by atoms with Crippen LogP contribution < -0.4 is 4.74 Å². The molecule has 0 N–H and O–H groups in total. The summed E-state index contributed by atoms with van der Waals surface area (Å²) in [5.41, 5.74) is 1.17. The molecule has 26 heavy (non-hydrogen) atoms. The summed E-state index contributed by atoms with van der Waals surface area (Å²) in [5.74, 6) is 0.390. The highest BCUT2D eigenvalue weighted by Gasteiger charge is 2.30. The molecule has 0 aromatic heterocycles. The van der Waals surface area contributed by atoms with Gasteiger partial charge in [-0.25, -0.2) is 8.42 Å². The number of piperazine rings is 1. The molecule has 6 heteroatoms. The Morgan fingerprint density at radius 1 is 0.962 bits per heavy atom. The van der Waals surface area contributed by atoms with Crippen molar-refractivity contribution in [3.05, 3.63) is 66.2 Å². The Bertz CT molecular complexity index is 842. The van der Waals surface area contributed by atoms with Crippen molar-refractivity contribution in [3.8, 4) is 5.75 Å². The number of ether oxygens (including phenoxy) is 1. The lowest BCUT2D eigenvalue weighted by molar-refractivity contribution is 0.204. The molecule has 0 unspecified atom stereocenters. The molecule has 0 saturated carbocycles. The normalized spacial score (nSPS) is 16.8. The Kier molecular flexibility index (Phi) is 6.08. The monoisotopic (exact) mass is 372 g/mol. The molecule has 5 nitrogen and oxygen atoms in total. The average molecular weight is 372 g/mol. The van der Waals surface area contributed by atoms with E-state index in [2.05, 4.69) is 29.2 Å². The van der Waals surface area contributed by atoms with Gasteiger partial charge in [-0.2, -0.15) is 4.31 Å². The van der Waals surface area contributed by atoms with Crippen molar-refractivity contribution in [1.82, 2.24) is 9.21 Å². The van der Waals surface area contributed by atoms with Crippen LogP contribution in [0.1, 0.15) is 5.56 Å². The van der Waals surface area contributed by atoms with Crippen LogP contribution in [-0.2, 0) is 10.0 Å². The molecule has 0 atom stereocenters. The van der Waals surface area contributed by atoms with Gasteiger partial charge in [0.05, 0.1) is 7.11 Å². The van der Waals surface area contributed by atoms with E-state index < -0.39 is 10.0 Å². The predicted octanol–water partition coefficient (Wildman–Crippen LogP) is 2.71. The molecule has 1 saturated heterocycles. The van der Waals surface area contributed by atoms with Crippen LogP contribution >= 0.6 is 0 Å². The fourth-order valence-corrected chi connectivity index (χ4v) is 4.60. The maximum atomic E-state index is 12.9. The Morgan fingerprint density at radius 2 is 1.62 bits per heavy atom. The van der Waals surface area contributed by atoms with Crippen molar-refractivity contribution < 1.29 is 13.2 Å².